The molecule has 2 aliphatic heterocycles. The fourth-order valence-electron chi connectivity index (χ4n) is 3.44. The first-order valence-electron chi connectivity index (χ1n) is 8.30. The first-order valence-corrected chi connectivity index (χ1v) is 8.30. The molecule has 3 rings (SSSR count). The second-order valence-electron chi connectivity index (χ2n) is 6.28. The van der Waals surface area contributed by atoms with Crippen LogP contribution >= 0.6 is 0 Å². The third-order valence-corrected chi connectivity index (χ3v) is 4.80. The van der Waals surface area contributed by atoms with Crippen LogP contribution in [0.5, 0.6) is 0 Å². The number of hydrogen-bond donors (Lipinski definition) is 1. The Kier molecular flexibility index (Phi) is 5.43. The minimum Gasteiger partial charge on any atom is -0.391 e. The number of carbonyl (C=O) groups excluding carboxylic acids is 1. The summed E-state index contributed by atoms with van der Waals surface area (Å²) < 4.78 is 32.2. The lowest BCUT2D eigenvalue weighted by molar-refractivity contribution is -0.0222. The number of benzene rings is 1. The molecular weight excluding hydrogens is 318 g/mol. The van der Waals surface area contributed by atoms with Gasteiger partial charge in [-0.1, -0.05) is 0 Å². The molecule has 0 bridgehead atoms. The van der Waals surface area contributed by atoms with Crippen molar-refractivity contribution in [1.82, 2.24) is 9.80 Å². The Morgan fingerprint density at radius 1 is 1.12 bits per heavy atom. The molecule has 1 aromatic carbocycles. The molecule has 2 heterocycles. The molecule has 2 aliphatic rings. The van der Waals surface area contributed by atoms with Gasteiger partial charge in [-0.05, 0) is 25.0 Å². The standard InChI is InChI=1S/C17H22F2N2O3/c18-12-1-2-13(14(19)11-12)17(23)21-5-3-15(16(22)4-6-21)20-7-9-24-10-8-20/h1-2,11,15-16,22H,3-10H2/t15-,16-/m0/s1. The van der Waals surface area contributed by atoms with Crippen molar-refractivity contribution in [3.63, 3.8) is 0 Å². The molecule has 0 saturated carbocycles. The van der Waals surface area contributed by atoms with E-state index in [2.05, 4.69) is 4.90 Å². The molecule has 2 atom stereocenters. The van der Waals surface area contributed by atoms with Crippen LogP contribution in [0.1, 0.15) is 23.2 Å². The highest BCUT2D eigenvalue weighted by Crippen LogP contribution is 2.21. The lowest BCUT2D eigenvalue weighted by atomic mass is 10.0. The third-order valence-electron chi connectivity index (χ3n) is 4.80. The summed E-state index contributed by atoms with van der Waals surface area (Å²) in [7, 11) is 0. The highest BCUT2D eigenvalue weighted by Gasteiger charge is 2.32. The van der Waals surface area contributed by atoms with Crippen LogP contribution in [-0.4, -0.2) is 72.4 Å². The lowest BCUT2D eigenvalue weighted by Gasteiger charge is -2.36. The van der Waals surface area contributed by atoms with E-state index >= 15 is 0 Å². The van der Waals surface area contributed by atoms with E-state index in [1.165, 1.54) is 6.07 Å². The Morgan fingerprint density at radius 2 is 1.83 bits per heavy atom. The highest BCUT2D eigenvalue weighted by atomic mass is 19.1. The van der Waals surface area contributed by atoms with Gasteiger partial charge in [-0.2, -0.15) is 0 Å². The summed E-state index contributed by atoms with van der Waals surface area (Å²) in [4.78, 5) is 16.3. The van der Waals surface area contributed by atoms with Crippen LogP contribution < -0.4 is 0 Å². The maximum Gasteiger partial charge on any atom is 0.256 e. The Balaban J connectivity index is 1.68. The zero-order chi connectivity index (χ0) is 17.1. The monoisotopic (exact) mass is 340 g/mol. The summed E-state index contributed by atoms with van der Waals surface area (Å²) in [5, 5.41) is 10.4. The summed E-state index contributed by atoms with van der Waals surface area (Å²) in [6.45, 7) is 3.62. The summed E-state index contributed by atoms with van der Waals surface area (Å²) in [5.41, 5.74) is -0.129. The number of amides is 1. The van der Waals surface area contributed by atoms with Crippen molar-refractivity contribution < 1.29 is 23.4 Å². The number of aliphatic hydroxyl groups excluding tert-OH is 1. The van der Waals surface area contributed by atoms with Gasteiger partial charge in [0.05, 0.1) is 24.9 Å². The van der Waals surface area contributed by atoms with Gasteiger partial charge >= 0.3 is 0 Å². The average molecular weight is 340 g/mol. The van der Waals surface area contributed by atoms with E-state index in [-0.39, 0.29) is 11.6 Å². The lowest BCUT2D eigenvalue weighted by Crippen LogP contribution is -2.49. The van der Waals surface area contributed by atoms with Gasteiger partial charge in [0.15, 0.2) is 0 Å². The first kappa shape index (κ1) is 17.3. The van der Waals surface area contributed by atoms with Crippen molar-refractivity contribution in [2.75, 3.05) is 39.4 Å². The molecule has 24 heavy (non-hydrogen) atoms. The van der Waals surface area contributed by atoms with Crippen molar-refractivity contribution in [3.05, 3.63) is 35.4 Å². The van der Waals surface area contributed by atoms with E-state index in [1.807, 2.05) is 0 Å². The summed E-state index contributed by atoms with van der Waals surface area (Å²) in [5.74, 6) is -2.01. The normalized spacial score (nSPS) is 26.2. The van der Waals surface area contributed by atoms with Gasteiger partial charge in [-0.15, -0.1) is 0 Å². The second-order valence-corrected chi connectivity index (χ2v) is 6.28. The van der Waals surface area contributed by atoms with Crippen molar-refractivity contribution in [2.45, 2.75) is 25.0 Å². The van der Waals surface area contributed by atoms with E-state index in [0.717, 1.165) is 25.2 Å². The number of carbonyl (C=O) groups is 1. The van der Waals surface area contributed by atoms with Gasteiger partial charge in [-0.3, -0.25) is 9.69 Å². The Hall–Kier alpha value is -1.57. The number of halogens is 2. The molecule has 0 aromatic heterocycles. The van der Waals surface area contributed by atoms with E-state index < -0.39 is 23.6 Å². The zero-order valence-electron chi connectivity index (χ0n) is 13.5. The van der Waals surface area contributed by atoms with Crippen molar-refractivity contribution in [1.29, 1.82) is 0 Å². The van der Waals surface area contributed by atoms with Gasteiger partial charge in [0.1, 0.15) is 11.6 Å². The van der Waals surface area contributed by atoms with Gasteiger partial charge in [0.2, 0.25) is 0 Å². The van der Waals surface area contributed by atoms with Crippen molar-refractivity contribution in [2.24, 2.45) is 0 Å². The van der Waals surface area contributed by atoms with Gasteiger partial charge < -0.3 is 14.7 Å². The molecule has 1 amide bonds. The number of aliphatic hydroxyl groups is 1. The van der Waals surface area contributed by atoms with Gasteiger partial charge in [0.25, 0.3) is 5.91 Å². The molecule has 2 fully saturated rings. The minimum atomic E-state index is -0.852. The maximum atomic E-state index is 13.8. The van der Waals surface area contributed by atoms with Crippen LogP contribution in [0, 0.1) is 11.6 Å². The predicted octanol–water partition coefficient (Wildman–Crippen LogP) is 1.26. The average Bonchev–Trinajstić information content (AvgIpc) is 2.77. The van der Waals surface area contributed by atoms with E-state index in [0.29, 0.717) is 39.1 Å². The van der Waals surface area contributed by atoms with Gasteiger partial charge in [-0.25, -0.2) is 8.78 Å². The number of ether oxygens (including phenoxy) is 1. The Labute approximate surface area is 139 Å². The fraction of sp³-hybridized carbons (Fsp3) is 0.588. The van der Waals surface area contributed by atoms with Crippen LogP contribution in [0.15, 0.2) is 18.2 Å². The fourth-order valence-corrected chi connectivity index (χ4v) is 3.44. The van der Waals surface area contributed by atoms with Crippen molar-refractivity contribution in [3.8, 4) is 0 Å². The molecule has 7 heteroatoms. The van der Waals surface area contributed by atoms with Crippen molar-refractivity contribution >= 4 is 5.91 Å². The van der Waals surface area contributed by atoms with Crippen LogP contribution in [-0.2, 0) is 4.74 Å². The second kappa shape index (κ2) is 7.55. The van der Waals surface area contributed by atoms with Crippen LogP contribution in [0.4, 0.5) is 8.78 Å². The van der Waals surface area contributed by atoms with E-state index in [4.69, 9.17) is 4.74 Å². The minimum absolute atomic E-state index is 0.0234. The highest BCUT2D eigenvalue weighted by molar-refractivity contribution is 5.94. The molecule has 0 aliphatic carbocycles. The van der Waals surface area contributed by atoms with Gasteiger partial charge in [0, 0.05) is 38.3 Å². The molecule has 0 radical (unpaired) electrons. The van der Waals surface area contributed by atoms with E-state index in [1.54, 1.807) is 4.90 Å². The summed E-state index contributed by atoms with van der Waals surface area (Å²) in [6.07, 6.45) is 0.533. The number of hydrogen-bond acceptors (Lipinski definition) is 4. The summed E-state index contributed by atoms with van der Waals surface area (Å²) >= 11 is 0. The Morgan fingerprint density at radius 3 is 2.54 bits per heavy atom. The van der Waals surface area contributed by atoms with Crippen LogP contribution in [0.25, 0.3) is 0 Å². The molecule has 1 N–H and O–H groups in total. The number of rotatable bonds is 2. The SMILES string of the molecule is O=C(c1ccc(F)cc1F)N1CC[C@H](O)[C@@H](N2CCOCC2)CC1. The first-order chi connectivity index (χ1) is 11.6. The number of likely N-dealkylation sites (tertiary alicyclic amines) is 1. The quantitative estimate of drug-likeness (QED) is 0.881. The molecule has 5 nitrogen and oxygen atoms in total. The third kappa shape index (κ3) is 3.74. The topological polar surface area (TPSA) is 53.0 Å². The smallest absolute Gasteiger partial charge is 0.256 e. The molecule has 132 valence electrons. The number of nitrogens with zero attached hydrogens (tertiary/aromatic N) is 2. The van der Waals surface area contributed by atoms with E-state index in [9.17, 15) is 18.7 Å². The number of morpholine rings is 1. The van der Waals surface area contributed by atoms with Crippen LogP contribution in [0.2, 0.25) is 0 Å². The molecule has 2 saturated heterocycles. The predicted molar refractivity (Wildman–Crippen MR) is 83.7 cm³/mol. The van der Waals surface area contributed by atoms with Crippen LogP contribution in [0.3, 0.4) is 0 Å². The molecule has 1 aromatic rings. The molecule has 0 spiro atoms. The molecule has 0 unspecified atom stereocenters. The summed E-state index contributed by atoms with van der Waals surface area (Å²) in [6, 6.07) is 2.95. The maximum absolute atomic E-state index is 13.8. The largest absolute Gasteiger partial charge is 0.391 e. The molecular formula is C17H22F2N2O3. The Bertz CT molecular complexity index is 593. The zero-order valence-corrected chi connectivity index (χ0v) is 13.5.